The minimum absolute atomic E-state index is 0.148. The van der Waals surface area contributed by atoms with Gasteiger partial charge < -0.3 is 5.32 Å². The number of nitrogens with zero attached hydrogens (tertiary/aromatic N) is 2. The molecule has 8 heteroatoms. The van der Waals surface area contributed by atoms with Crippen LogP contribution >= 0.6 is 11.6 Å². The third kappa shape index (κ3) is 4.90. The summed E-state index contributed by atoms with van der Waals surface area (Å²) >= 11 is 6.45. The van der Waals surface area contributed by atoms with Crippen molar-refractivity contribution in [3.05, 3.63) is 89.1 Å². The van der Waals surface area contributed by atoms with Gasteiger partial charge in [-0.05, 0) is 73.5 Å². The lowest BCUT2D eigenvalue weighted by molar-refractivity contribution is 0.102. The summed E-state index contributed by atoms with van der Waals surface area (Å²) in [5.74, 6) is -0.163. The van der Waals surface area contributed by atoms with Crippen molar-refractivity contribution in [1.29, 1.82) is 0 Å². The van der Waals surface area contributed by atoms with E-state index in [0.29, 0.717) is 46.2 Å². The molecule has 4 rings (SSSR count). The number of halogens is 1. The van der Waals surface area contributed by atoms with Crippen LogP contribution in [0.25, 0.3) is 23.4 Å². The molecule has 1 aromatic heterocycles. The first-order valence-corrected chi connectivity index (χ1v) is 12.8. The predicted molar refractivity (Wildman–Crippen MR) is 140 cm³/mol. The molecule has 1 aliphatic heterocycles. The molecule has 174 valence electrons. The molecule has 1 aliphatic rings. The van der Waals surface area contributed by atoms with Crippen LogP contribution in [0.5, 0.6) is 0 Å². The Balaban J connectivity index is 1.56. The highest BCUT2D eigenvalue weighted by molar-refractivity contribution is 7.93. The van der Waals surface area contributed by atoms with E-state index in [1.54, 1.807) is 48.5 Å². The smallest absolute Gasteiger partial charge is 0.255 e. The Labute approximate surface area is 204 Å². The van der Waals surface area contributed by atoms with Gasteiger partial charge in [0.25, 0.3) is 5.91 Å². The second-order valence-electron chi connectivity index (χ2n) is 7.81. The molecule has 1 saturated heterocycles. The van der Waals surface area contributed by atoms with Crippen LogP contribution in [0.15, 0.2) is 67.3 Å². The van der Waals surface area contributed by atoms with Crippen LogP contribution in [0.1, 0.15) is 35.0 Å². The number of hydrogen-bond acceptors (Lipinski definition) is 4. The largest absolute Gasteiger partial charge is 0.322 e. The Morgan fingerprint density at radius 2 is 1.91 bits per heavy atom. The van der Waals surface area contributed by atoms with Crippen LogP contribution in [0.2, 0.25) is 5.02 Å². The van der Waals surface area contributed by atoms with Gasteiger partial charge in [0.1, 0.15) is 0 Å². The SMILES string of the molecule is C=Cc1ccc(-c2cc(NC(=O)c3ccc(N4CCCS4(=O)=O)cc3)ccc2Cl)nc1C=CC. The summed E-state index contributed by atoms with van der Waals surface area (Å²) in [5.41, 5.74) is 4.60. The fourth-order valence-electron chi connectivity index (χ4n) is 3.81. The zero-order valence-electron chi connectivity index (χ0n) is 18.7. The molecular weight excluding hydrogens is 470 g/mol. The van der Waals surface area contributed by atoms with Crippen LogP contribution in [-0.4, -0.2) is 31.6 Å². The van der Waals surface area contributed by atoms with Gasteiger partial charge in [-0.15, -0.1) is 0 Å². The van der Waals surface area contributed by atoms with E-state index in [1.807, 2.05) is 31.2 Å². The molecule has 0 atom stereocenters. The number of nitrogens with one attached hydrogen (secondary N) is 1. The molecule has 1 fully saturated rings. The zero-order valence-corrected chi connectivity index (χ0v) is 20.2. The second kappa shape index (κ2) is 9.83. The highest BCUT2D eigenvalue weighted by atomic mass is 35.5. The topological polar surface area (TPSA) is 79.4 Å². The molecule has 2 aromatic carbocycles. The van der Waals surface area contributed by atoms with Gasteiger partial charge in [-0.3, -0.25) is 9.10 Å². The standard InChI is InChI=1S/C26H24ClN3O3S/c1-3-6-24-18(4-2)9-14-25(29-24)22-17-20(10-13-23(22)27)28-26(31)19-7-11-21(12-8-19)30-15-5-16-34(30,32)33/h3-4,6-14,17H,2,5,15-16H2,1H3,(H,28,31). The van der Waals surface area contributed by atoms with Gasteiger partial charge in [-0.2, -0.15) is 0 Å². The molecule has 1 N–H and O–H groups in total. The van der Waals surface area contributed by atoms with Gasteiger partial charge in [0.05, 0.1) is 27.9 Å². The summed E-state index contributed by atoms with van der Waals surface area (Å²) in [6, 6.07) is 15.5. The molecule has 6 nitrogen and oxygen atoms in total. The minimum Gasteiger partial charge on any atom is -0.322 e. The molecule has 0 bridgehead atoms. The Kier molecular flexibility index (Phi) is 6.86. The molecule has 0 aliphatic carbocycles. The van der Waals surface area contributed by atoms with E-state index in [0.717, 1.165) is 11.3 Å². The average Bonchev–Trinajstić information content (AvgIpc) is 3.19. The molecule has 0 unspecified atom stereocenters. The fourth-order valence-corrected chi connectivity index (χ4v) is 5.59. The van der Waals surface area contributed by atoms with Gasteiger partial charge in [-0.1, -0.05) is 36.4 Å². The van der Waals surface area contributed by atoms with Crippen molar-refractivity contribution in [3.63, 3.8) is 0 Å². The van der Waals surface area contributed by atoms with Crippen molar-refractivity contribution in [1.82, 2.24) is 4.98 Å². The normalized spacial score (nSPS) is 14.9. The molecule has 2 heterocycles. The van der Waals surface area contributed by atoms with Gasteiger partial charge in [0, 0.05) is 23.4 Å². The minimum atomic E-state index is -3.26. The van der Waals surface area contributed by atoms with Crippen LogP contribution in [0, 0.1) is 0 Å². The van der Waals surface area contributed by atoms with Crippen LogP contribution in [0.3, 0.4) is 0 Å². The van der Waals surface area contributed by atoms with Gasteiger partial charge in [0.15, 0.2) is 0 Å². The van der Waals surface area contributed by atoms with Crippen LogP contribution in [0.4, 0.5) is 11.4 Å². The first-order chi connectivity index (χ1) is 16.3. The number of benzene rings is 2. The van der Waals surface area contributed by atoms with Gasteiger partial charge in [-0.25, -0.2) is 13.4 Å². The summed E-state index contributed by atoms with van der Waals surface area (Å²) in [5, 5.41) is 3.39. The van der Waals surface area contributed by atoms with Crippen molar-refractivity contribution >= 4 is 51.1 Å². The maximum absolute atomic E-state index is 12.8. The van der Waals surface area contributed by atoms with Crippen molar-refractivity contribution in [2.45, 2.75) is 13.3 Å². The van der Waals surface area contributed by atoms with Crippen LogP contribution in [-0.2, 0) is 10.0 Å². The van der Waals surface area contributed by atoms with Crippen molar-refractivity contribution in [3.8, 4) is 11.3 Å². The van der Waals surface area contributed by atoms with Gasteiger partial charge >= 0.3 is 0 Å². The number of allylic oxidation sites excluding steroid dienone is 1. The Morgan fingerprint density at radius 3 is 2.56 bits per heavy atom. The van der Waals surface area contributed by atoms with E-state index in [9.17, 15) is 13.2 Å². The van der Waals surface area contributed by atoms with E-state index < -0.39 is 10.0 Å². The average molecular weight is 494 g/mol. The number of aromatic nitrogens is 1. The number of pyridine rings is 1. The number of amides is 1. The van der Waals surface area contributed by atoms with E-state index in [4.69, 9.17) is 16.6 Å². The molecule has 0 spiro atoms. The maximum Gasteiger partial charge on any atom is 0.255 e. The summed E-state index contributed by atoms with van der Waals surface area (Å²) in [6.07, 6.45) is 6.15. The van der Waals surface area contributed by atoms with Crippen molar-refractivity contribution < 1.29 is 13.2 Å². The molecule has 1 amide bonds. The summed E-state index contributed by atoms with van der Waals surface area (Å²) in [7, 11) is -3.26. The number of carbonyl (C=O) groups excluding carboxylic acids is 1. The van der Waals surface area contributed by atoms with Gasteiger partial charge in [0.2, 0.25) is 10.0 Å². The van der Waals surface area contributed by atoms with Crippen LogP contribution < -0.4 is 9.62 Å². The predicted octanol–water partition coefficient (Wildman–Crippen LogP) is 5.87. The monoisotopic (exact) mass is 493 g/mol. The second-order valence-corrected chi connectivity index (χ2v) is 10.2. The zero-order chi connectivity index (χ0) is 24.3. The first-order valence-electron chi connectivity index (χ1n) is 10.8. The number of hydrogen-bond donors (Lipinski definition) is 1. The highest BCUT2D eigenvalue weighted by Crippen LogP contribution is 2.31. The number of carbonyl (C=O) groups is 1. The highest BCUT2D eigenvalue weighted by Gasteiger charge is 2.28. The lowest BCUT2D eigenvalue weighted by Crippen LogP contribution is -2.25. The maximum atomic E-state index is 12.8. The molecular formula is C26H24ClN3O3S. The van der Waals surface area contributed by atoms with Crippen molar-refractivity contribution in [2.75, 3.05) is 21.9 Å². The Morgan fingerprint density at radius 1 is 1.15 bits per heavy atom. The third-order valence-electron chi connectivity index (χ3n) is 5.52. The van der Waals surface area contributed by atoms with E-state index in [1.165, 1.54) is 4.31 Å². The quantitative estimate of drug-likeness (QED) is 0.465. The summed E-state index contributed by atoms with van der Waals surface area (Å²) in [6.45, 7) is 6.20. The first kappa shape index (κ1) is 23.7. The number of rotatable bonds is 6. The van der Waals surface area contributed by atoms with E-state index in [-0.39, 0.29) is 11.7 Å². The fraction of sp³-hybridized carbons (Fsp3) is 0.154. The van der Waals surface area contributed by atoms with E-state index in [2.05, 4.69) is 11.9 Å². The Hall–Kier alpha value is -3.42. The summed E-state index contributed by atoms with van der Waals surface area (Å²) in [4.78, 5) is 17.5. The third-order valence-corrected chi connectivity index (χ3v) is 7.72. The number of sulfonamides is 1. The molecule has 34 heavy (non-hydrogen) atoms. The Bertz CT molecular complexity index is 1380. The number of anilines is 2. The van der Waals surface area contributed by atoms with Crippen molar-refractivity contribution in [2.24, 2.45) is 0 Å². The van der Waals surface area contributed by atoms with E-state index >= 15 is 0 Å². The molecule has 0 saturated carbocycles. The lowest BCUT2D eigenvalue weighted by Gasteiger charge is -2.17. The molecule has 3 aromatic rings. The molecule has 0 radical (unpaired) electrons. The summed E-state index contributed by atoms with van der Waals surface area (Å²) < 4.78 is 25.6. The lowest BCUT2D eigenvalue weighted by atomic mass is 10.1.